The summed E-state index contributed by atoms with van der Waals surface area (Å²) >= 11 is 0. The van der Waals surface area contributed by atoms with Crippen molar-refractivity contribution in [2.75, 3.05) is 0 Å². The summed E-state index contributed by atoms with van der Waals surface area (Å²) in [6.45, 7) is 2.92. The number of nitriles is 1. The van der Waals surface area contributed by atoms with E-state index in [2.05, 4.69) is 10.1 Å². The minimum atomic E-state index is -0.555. The van der Waals surface area contributed by atoms with Crippen molar-refractivity contribution in [3.8, 4) is 11.8 Å². The van der Waals surface area contributed by atoms with Crippen molar-refractivity contribution < 1.29 is 9.13 Å². The predicted octanol–water partition coefficient (Wildman–Crippen LogP) is 2.28. The lowest BCUT2D eigenvalue weighted by molar-refractivity contribution is 0.272. The molecule has 6 heteroatoms. The van der Waals surface area contributed by atoms with Crippen molar-refractivity contribution in [1.82, 2.24) is 14.8 Å². The van der Waals surface area contributed by atoms with Crippen molar-refractivity contribution >= 4 is 0 Å². The number of halogens is 1. The predicted molar refractivity (Wildman–Crippen MR) is 65.8 cm³/mol. The highest BCUT2D eigenvalue weighted by Gasteiger charge is 2.08. The average molecular weight is 260 g/mol. The van der Waals surface area contributed by atoms with Gasteiger partial charge in [-0.1, -0.05) is 6.92 Å². The van der Waals surface area contributed by atoms with Crippen LogP contribution < -0.4 is 4.74 Å². The van der Waals surface area contributed by atoms with E-state index in [1.165, 1.54) is 18.5 Å². The summed E-state index contributed by atoms with van der Waals surface area (Å²) in [5.41, 5.74) is 0.263. The molecule has 1 aromatic heterocycles. The first-order chi connectivity index (χ1) is 9.24. The molecule has 0 aliphatic rings. The molecule has 0 fully saturated rings. The average Bonchev–Trinajstić information content (AvgIpc) is 2.85. The Balaban J connectivity index is 2.06. The Morgan fingerprint density at radius 2 is 2.32 bits per heavy atom. The molecule has 1 heterocycles. The summed E-state index contributed by atoms with van der Waals surface area (Å²) in [6, 6.07) is 5.96. The first-order valence-electron chi connectivity index (χ1n) is 5.93. The molecule has 5 nitrogen and oxygen atoms in total. The maximum Gasteiger partial charge on any atom is 0.166 e. The van der Waals surface area contributed by atoms with Crippen molar-refractivity contribution in [1.29, 1.82) is 5.26 Å². The second-order valence-electron chi connectivity index (χ2n) is 3.95. The number of nitrogens with zero attached hydrogens (tertiary/aromatic N) is 4. The molecule has 0 spiro atoms. The molecule has 0 amide bonds. The fraction of sp³-hybridized carbons (Fsp3) is 0.308. The molecule has 0 bridgehead atoms. The van der Waals surface area contributed by atoms with E-state index in [1.807, 2.05) is 13.0 Å². The maximum absolute atomic E-state index is 13.6. The molecule has 19 heavy (non-hydrogen) atoms. The number of hydrogen-bond donors (Lipinski definition) is 0. The Morgan fingerprint density at radius 1 is 1.47 bits per heavy atom. The van der Waals surface area contributed by atoms with Crippen molar-refractivity contribution in [3.63, 3.8) is 0 Å². The quantitative estimate of drug-likeness (QED) is 0.827. The zero-order valence-corrected chi connectivity index (χ0v) is 10.5. The zero-order valence-electron chi connectivity index (χ0n) is 10.5. The van der Waals surface area contributed by atoms with Gasteiger partial charge in [0, 0.05) is 6.54 Å². The monoisotopic (exact) mass is 260 g/mol. The fourth-order valence-electron chi connectivity index (χ4n) is 1.63. The van der Waals surface area contributed by atoms with E-state index in [0.717, 1.165) is 19.0 Å². The molecule has 0 saturated heterocycles. The highest BCUT2D eigenvalue weighted by atomic mass is 19.1. The molecule has 0 radical (unpaired) electrons. The Morgan fingerprint density at radius 3 is 3.00 bits per heavy atom. The fourth-order valence-corrected chi connectivity index (χ4v) is 1.63. The van der Waals surface area contributed by atoms with Crippen LogP contribution in [-0.4, -0.2) is 14.8 Å². The summed E-state index contributed by atoms with van der Waals surface area (Å²) in [6.07, 6.45) is 2.38. The molecule has 0 atom stereocenters. The van der Waals surface area contributed by atoms with Gasteiger partial charge in [0.25, 0.3) is 0 Å². The van der Waals surface area contributed by atoms with Crippen LogP contribution in [0.4, 0.5) is 4.39 Å². The van der Waals surface area contributed by atoms with Gasteiger partial charge in [-0.25, -0.2) is 14.1 Å². The normalized spacial score (nSPS) is 10.2. The van der Waals surface area contributed by atoms with Gasteiger partial charge in [-0.15, -0.1) is 0 Å². The van der Waals surface area contributed by atoms with E-state index in [0.29, 0.717) is 5.82 Å². The summed E-state index contributed by atoms with van der Waals surface area (Å²) < 4.78 is 20.7. The number of rotatable bonds is 5. The molecular formula is C13H13FN4O. The standard InChI is InChI=1S/C13H13FN4O/c1-2-5-18-13(16-9-17-18)8-19-12-4-3-10(7-15)6-11(12)14/h3-4,6,9H,2,5,8H2,1H3. The molecule has 2 aromatic rings. The molecular weight excluding hydrogens is 247 g/mol. The Labute approximate surface area is 110 Å². The molecule has 1 aromatic carbocycles. The third kappa shape index (κ3) is 3.07. The van der Waals surface area contributed by atoms with E-state index in [-0.39, 0.29) is 17.9 Å². The molecule has 98 valence electrons. The topological polar surface area (TPSA) is 63.7 Å². The van der Waals surface area contributed by atoms with Crippen LogP contribution in [0.2, 0.25) is 0 Å². The highest BCUT2D eigenvalue weighted by molar-refractivity contribution is 5.35. The molecule has 0 saturated carbocycles. The Kier molecular flexibility index (Phi) is 4.08. The van der Waals surface area contributed by atoms with Crippen molar-refractivity contribution in [3.05, 3.63) is 41.7 Å². The van der Waals surface area contributed by atoms with Gasteiger partial charge in [0.05, 0.1) is 11.6 Å². The van der Waals surface area contributed by atoms with Crippen LogP contribution in [0.5, 0.6) is 5.75 Å². The van der Waals surface area contributed by atoms with Gasteiger partial charge in [0.2, 0.25) is 0 Å². The lowest BCUT2D eigenvalue weighted by Gasteiger charge is -2.08. The first-order valence-corrected chi connectivity index (χ1v) is 5.93. The molecule has 0 aliphatic heterocycles. The van der Waals surface area contributed by atoms with Gasteiger partial charge < -0.3 is 4.74 Å². The van der Waals surface area contributed by atoms with Crippen LogP contribution in [0, 0.1) is 17.1 Å². The second kappa shape index (κ2) is 5.96. The Bertz CT molecular complexity index is 603. The number of benzene rings is 1. The first kappa shape index (κ1) is 13.0. The smallest absolute Gasteiger partial charge is 0.166 e. The molecule has 0 N–H and O–H groups in total. The van der Waals surface area contributed by atoms with Crippen LogP contribution in [0.3, 0.4) is 0 Å². The highest BCUT2D eigenvalue weighted by Crippen LogP contribution is 2.19. The molecule has 2 rings (SSSR count). The lowest BCUT2D eigenvalue weighted by atomic mass is 10.2. The van der Waals surface area contributed by atoms with Gasteiger partial charge in [-0.05, 0) is 24.6 Å². The third-order valence-corrected chi connectivity index (χ3v) is 2.55. The summed E-state index contributed by atoms with van der Waals surface area (Å²) in [7, 11) is 0. The van der Waals surface area contributed by atoms with Gasteiger partial charge in [-0.3, -0.25) is 0 Å². The van der Waals surface area contributed by atoms with Crippen LogP contribution in [0.25, 0.3) is 0 Å². The number of hydrogen-bond acceptors (Lipinski definition) is 4. The van der Waals surface area contributed by atoms with Crippen LogP contribution in [-0.2, 0) is 13.2 Å². The van der Waals surface area contributed by atoms with Crippen molar-refractivity contribution in [2.24, 2.45) is 0 Å². The number of aromatic nitrogens is 3. The van der Waals surface area contributed by atoms with Crippen LogP contribution in [0.15, 0.2) is 24.5 Å². The lowest BCUT2D eigenvalue weighted by Crippen LogP contribution is -2.09. The van der Waals surface area contributed by atoms with Crippen LogP contribution >= 0.6 is 0 Å². The molecule has 0 aliphatic carbocycles. The van der Waals surface area contributed by atoms with E-state index in [4.69, 9.17) is 10.00 Å². The van der Waals surface area contributed by atoms with Gasteiger partial charge in [0.1, 0.15) is 12.9 Å². The van der Waals surface area contributed by atoms with E-state index >= 15 is 0 Å². The van der Waals surface area contributed by atoms with Gasteiger partial charge >= 0.3 is 0 Å². The van der Waals surface area contributed by atoms with E-state index < -0.39 is 5.82 Å². The zero-order chi connectivity index (χ0) is 13.7. The minimum absolute atomic E-state index is 0.102. The van der Waals surface area contributed by atoms with E-state index in [9.17, 15) is 4.39 Å². The SMILES string of the molecule is CCCn1ncnc1COc1ccc(C#N)cc1F. The largest absolute Gasteiger partial charge is 0.483 e. The second-order valence-corrected chi connectivity index (χ2v) is 3.95. The molecule has 0 unspecified atom stereocenters. The van der Waals surface area contributed by atoms with Crippen molar-refractivity contribution in [2.45, 2.75) is 26.5 Å². The van der Waals surface area contributed by atoms with Gasteiger partial charge in [-0.2, -0.15) is 10.4 Å². The summed E-state index contributed by atoms with van der Waals surface area (Å²) in [4.78, 5) is 4.07. The van der Waals surface area contributed by atoms with E-state index in [1.54, 1.807) is 4.68 Å². The third-order valence-electron chi connectivity index (χ3n) is 2.55. The maximum atomic E-state index is 13.6. The van der Waals surface area contributed by atoms with Gasteiger partial charge in [0.15, 0.2) is 17.4 Å². The summed E-state index contributed by atoms with van der Waals surface area (Å²) in [5, 5.41) is 12.7. The number of ether oxygens (including phenoxy) is 1. The minimum Gasteiger partial charge on any atom is -0.483 e. The Hall–Kier alpha value is -2.42. The number of aryl methyl sites for hydroxylation is 1. The summed E-state index contributed by atoms with van der Waals surface area (Å²) in [5.74, 6) is 0.191. The van der Waals surface area contributed by atoms with Crippen LogP contribution in [0.1, 0.15) is 24.7 Å².